The van der Waals surface area contributed by atoms with E-state index in [0.29, 0.717) is 18.9 Å². The first kappa shape index (κ1) is 14.2. The van der Waals surface area contributed by atoms with Gasteiger partial charge in [-0.1, -0.05) is 54.0 Å². The number of alkyl halides is 1. The maximum absolute atomic E-state index is 11.5. The Morgan fingerprint density at radius 2 is 2.12 bits per heavy atom. The quantitative estimate of drug-likeness (QED) is 0.612. The predicted molar refractivity (Wildman–Crippen MR) is 73.6 cm³/mol. The molecule has 1 unspecified atom stereocenters. The van der Waals surface area contributed by atoms with Crippen molar-refractivity contribution in [1.29, 1.82) is 0 Å². The molecule has 0 saturated carbocycles. The Balaban J connectivity index is 2.68. The lowest BCUT2D eigenvalue weighted by atomic mass is 9.99. The number of hydrogen-bond acceptors (Lipinski definition) is 2. The summed E-state index contributed by atoms with van der Waals surface area (Å²) in [6.45, 7) is 6.57. The minimum absolute atomic E-state index is 0.192. The second kappa shape index (κ2) is 6.80. The lowest BCUT2D eigenvalue weighted by molar-refractivity contribution is -0.142. The highest BCUT2D eigenvalue weighted by Gasteiger charge is 2.16. The lowest BCUT2D eigenvalue weighted by Crippen LogP contribution is -2.19. The number of benzene rings is 1. The Kier molecular flexibility index (Phi) is 5.69. The molecule has 0 heterocycles. The molecule has 1 aromatic carbocycles. The summed E-state index contributed by atoms with van der Waals surface area (Å²) in [5.74, 6) is 0.314. The average Bonchev–Trinajstić information content (AvgIpc) is 2.29. The zero-order valence-corrected chi connectivity index (χ0v) is 12.2. The van der Waals surface area contributed by atoms with Gasteiger partial charge >= 0.3 is 5.97 Å². The molecule has 1 atom stereocenters. The Hall–Kier alpha value is -0.830. The van der Waals surface area contributed by atoms with E-state index in [1.54, 1.807) is 0 Å². The number of esters is 1. The van der Waals surface area contributed by atoms with Crippen LogP contribution in [0.2, 0.25) is 0 Å². The minimum atomic E-state index is -0.259. The second-order valence-corrected chi connectivity index (χ2v) is 5.43. The van der Waals surface area contributed by atoms with E-state index >= 15 is 0 Å². The lowest BCUT2D eigenvalue weighted by Gasteiger charge is -2.11. The smallest absolute Gasteiger partial charge is 0.320 e. The first-order chi connectivity index (χ1) is 8.04. The van der Waals surface area contributed by atoms with Crippen molar-refractivity contribution in [3.63, 3.8) is 0 Å². The van der Waals surface area contributed by atoms with Gasteiger partial charge in [0.1, 0.15) is 4.83 Å². The average molecular weight is 299 g/mol. The summed E-state index contributed by atoms with van der Waals surface area (Å²) in [6.07, 6.45) is 0.666. The van der Waals surface area contributed by atoms with Gasteiger partial charge in [0, 0.05) is 0 Å². The molecule has 0 aliphatic rings. The van der Waals surface area contributed by atoms with Gasteiger partial charge in [-0.05, 0) is 30.4 Å². The van der Waals surface area contributed by atoms with Gasteiger partial charge in [0.15, 0.2) is 0 Å². The highest BCUT2D eigenvalue weighted by molar-refractivity contribution is 9.10. The SMILES string of the molecule is CCOC(=O)C(Br)Cc1cccc(C(C)C)c1. The molecular weight excluding hydrogens is 280 g/mol. The zero-order valence-electron chi connectivity index (χ0n) is 10.6. The predicted octanol–water partition coefficient (Wildman–Crippen LogP) is 3.68. The molecule has 0 aliphatic heterocycles. The van der Waals surface area contributed by atoms with Crippen molar-refractivity contribution in [3.8, 4) is 0 Å². The summed E-state index contributed by atoms with van der Waals surface area (Å²) in [5.41, 5.74) is 2.46. The van der Waals surface area contributed by atoms with Crippen LogP contribution in [0.5, 0.6) is 0 Å². The highest BCUT2D eigenvalue weighted by atomic mass is 79.9. The molecule has 0 saturated heterocycles. The summed E-state index contributed by atoms with van der Waals surface area (Å²) >= 11 is 3.37. The first-order valence-corrected chi connectivity index (χ1v) is 6.85. The van der Waals surface area contributed by atoms with E-state index in [-0.39, 0.29) is 10.8 Å². The van der Waals surface area contributed by atoms with Gasteiger partial charge in [-0.3, -0.25) is 4.79 Å². The van der Waals surface area contributed by atoms with E-state index in [2.05, 4.69) is 41.9 Å². The van der Waals surface area contributed by atoms with Crippen LogP contribution in [0.25, 0.3) is 0 Å². The molecule has 1 rings (SSSR count). The van der Waals surface area contributed by atoms with Crippen LogP contribution < -0.4 is 0 Å². The van der Waals surface area contributed by atoms with E-state index in [0.717, 1.165) is 5.56 Å². The summed E-state index contributed by atoms with van der Waals surface area (Å²) in [4.78, 5) is 11.2. The van der Waals surface area contributed by atoms with Gasteiger partial charge in [0.25, 0.3) is 0 Å². The fourth-order valence-electron chi connectivity index (χ4n) is 1.60. The van der Waals surface area contributed by atoms with E-state index in [1.165, 1.54) is 5.56 Å². The number of halogens is 1. The molecule has 1 aromatic rings. The van der Waals surface area contributed by atoms with Gasteiger partial charge in [0.2, 0.25) is 0 Å². The topological polar surface area (TPSA) is 26.3 Å². The van der Waals surface area contributed by atoms with E-state index in [1.807, 2.05) is 19.1 Å². The fraction of sp³-hybridized carbons (Fsp3) is 0.500. The molecule has 2 nitrogen and oxygen atoms in total. The molecule has 0 bridgehead atoms. The summed E-state index contributed by atoms with van der Waals surface area (Å²) in [6, 6.07) is 8.34. The third-order valence-corrected chi connectivity index (χ3v) is 3.27. The van der Waals surface area contributed by atoms with E-state index in [4.69, 9.17) is 4.74 Å². The minimum Gasteiger partial charge on any atom is -0.465 e. The fourth-order valence-corrected chi connectivity index (χ4v) is 2.11. The van der Waals surface area contributed by atoms with Crippen LogP contribution in [0.3, 0.4) is 0 Å². The zero-order chi connectivity index (χ0) is 12.8. The number of rotatable bonds is 5. The van der Waals surface area contributed by atoms with Crippen molar-refractivity contribution in [3.05, 3.63) is 35.4 Å². The molecular formula is C14H19BrO2. The van der Waals surface area contributed by atoms with Gasteiger partial charge < -0.3 is 4.74 Å². The first-order valence-electron chi connectivity index (χ1n) is 5.94. The van der Waals surface area contributed by atoms with Crippen LogP contribution in [0.4, 0.5) is 0 Å². The molecule has 0 aliphatic carbocycles. The van der Waals surface area contributed by atoms with Crippen LogP contribution >= 0.6 is 15.9 Å². The Morgan fingerprint density at radius 1 is 1.41 bits per heavy atom. The molecule has 0 spiro atoms. The maximum Gasteiger partial charge on any atom is 0.320 e. The molecule has 0 fully saturated rings. The van der Waals surface area contributed by atoms with Crippen LogP contribution in [-0.2, 0) is 16.0 Å². The van der Waals surface area contributed by atoms with Gasteiger partial charge in [-0.2, -0.15) is 0 Å². The monoisotopic (exact) mass is 298 g/mol. The molecule has 0 N–H and O–H groups in total. The van der Waals surface area contributed by atoms with Gasteiger partial charge in [-0.15, -0.1) is 0 Å². The molecule has 0 amide bonds. The Labute approximate surface area is 111 Å². The van der Waals surface area contributed by atoms with Crippen LogP contribution in [-0.4, -0.2) is 17.4 Å². The molecule has 3 heteroatoms. The summed E-state index contributed by atoms with van der Waals surface area (Å²) in [7, 11) is 0. The second-order valence-electron chi connectivity index (χ2n) is 4.32. The maximum atomic E-state index is 11.5. The molecule has 94 valence electrons. The van der Waals surface area contributed by atoms with Crippen molar-refractivity contribution in [2.45, 2.75) is 37.9 Å². The summed E-state index contributed by atoms with van der Waals surface area (Å²) < 4.78 is 4.97. The Bertz CT molecular complexity index is 374. The normalized spacial score (nSPS) is 12.5. The number of ether oxygens (including phenoxy) is 1. The van der Waals surface area contributed by atoms with Crippen molar-refractivity contribution >= 4 is 21.9 Å². The molecule has 0 aromatic heterocycles. The van der Waals surface area contributed by atoms with E-state index in [9.17, 15) is 4.79 Å². The van der Waals surface area contributed by atoms with E-state index < -0.39 is 0 Å². The van der Waals surface area contributed by atoms with Gasteiger partial charge in [0.05, 0.1) is 6.61 Å². The largest absolute Gasteiger partial charge is 0.465 e. The van der Waals surface area contributed by atoms with Gasteiger partial charge in [-0.25, -0.2) is 0 Å². The summed E-state index contributed by atoms with van der Waals surface area (Å²) in [5, 5.41) is 0. The van der Waals surface area contributed by atoms with Crippen molar-refractivity contribution in [1.82, 2.24) is 0 Å². The van der Waals surface area contributed by atoms with Crippen LogP contribution in [0.15, 0.2) is 24.3 Å². The number of carbonyl (C=O) groups excluding carboxylic acids is 1. The van der Waals surface area contributed by atoms with Crippen LogP contribution in [0.1, 0.15) is 37.8 Å². The Morgan fingerprint density at radius 3 is 2.71 bits per heavy atom. The third kappa shape index (κ3) is 4.50. The van der Waals surface area contributed by atoms with Crippen LogP contribution in [0, 0.1) is 0 Å². The highest BCUT2D eigenvalue weighted by Crippen LogP contribution is 2.18. The standard InChI is InChI=1S/C14H19BrO2/c1-4-17-14(16)13(15)9-11-6-5-7-12(8-11)10(2)3/h5-8,10,13H,4,9H2,1-3H3. The van der Waals surface area contributed by atoms with Crippen molar-refractivity contribution < 1.29 is 9.53 Å². The van der Waals surface area contributed by atoms with Crippen molar-refractivity contribution in [2.75, 3.05) is 6.61 Å². The number of hydrogen-bond donors (Lipinski definition) is 0. The number of carbonyl (C=O) groups is 1. The third-order valence-electron chi connectivity index (χ3n) is 2.57. The van der Waals surface area contributed by atoms with Crippen molar-refractivity contribution in [2.24, 2.45) is 0 Å². The molecule has 0 radical (unpaired) electrons. The molecule has 17 heavy (non-hydrogen) atoms.